The predicted octanol–water partition coefficient (Wildman–Crippen LogP) is 4.09. The van der Waals surface area contributed by atoms with Crippen LogP contribution in [0, 0.1) is 0 Å². The molecule has 1 aromatic heterocycles. The summed E-state index contributed by atoms with van der Waals surface area (Å²) in [6.45, 7) is 1.75. The van der Waals surface area contributed by atoms with Crippen molar-refractivity contribution in [3.8, 4) is 0 Å². The second kappa shape index (κ2) is 18.8. The van der Waals surface area contributed by atoms with Gasteiger partial charge in [0.05, 0.1) is 0 Å². The summed E-state index contributed by atoms with van der Waals surface area (Å²) in [5.74, 6) is -0.883. The van der Waals surface area contributed by atoms with Crippen molar-refractivity contribution in [1.29, 1.82) is 0 Å². The van der Waals surface area contributed by atoms with Gasteiger partial charge in [-0.2, -0.15) is 0 Å². The van der Waals surface area contributed by atoms with Crippen LogP contribution in [-0.2, 0) is 25.5 Å². The Hall–Kier alpha value is -1.74. The third-order valence-electron chi connectivity index (χ3n) is 5.52. The third kappa shape index (κ3) is 13.6. The summed E-state index contributed by atoms with van der Waals surface area (Å²) in [7, 11) is 4.84. The molecule has 1 amide bonds. The highest BCUT2D eigenvalue weighted by Crippen LogP contribution is 2.21. The molecule has 0 saturated heterocycles. The molecule has 32 heavy (non-hydrogen) atoms. The van der Waals surface area contributed by atoms with E-state index in [1.54, 1.807) is 21.3 Å². The van der Waals surface area contributed by atoms with E-state index in [2.05, 4.69) is 10.9 Å². The minimum absolute atomic E-state index is 0.344. The normalized spacial score (nSPS) is 11.5. The van der Waals surface area contributed by atoms with Gasteiger partial charge < -0.3 is 18.9 Å². The molecular weight excluding hydrogens is 410 g/mol. The first-order valence-electron chi connectivity index (χ1n) is 11.9. The SMILES string of the molecule is COC(CCCCCCCCCCCCNNC(=O)OCC[n+]1ccccc1)(OC)OC. The van der Waals surface area contributed by atoms with Gasteiger partial charge in [0.15, 0.2) is 25.5 Å². The van der Waals surface area contributed by atoms with Crippen LogP contribution < -0.4 is 15.4 Å². The van der Waals surface area contributed by atoms with Crippen LogP contribution >= 0.6 is 0 Å². The second-order valence-corrected chi connectivity index (χ2v) is 7.88. The van der Waals surface area contributed by atoms with E-state index in [0.29, 0.717) is 13.2 Å². The lowest BCUT2D eigenvalue weighted by Gasteiger charge is -2.28. The van der Waals surface area contributed by atoms with Gasteiger partial charge in [0.1, 0.15) is 0 Å². The zero-order valence-corrected chi connectivity index (χ0v) is 20.3. The molecule has 0 unspecified atom stereocenters. The molecule has 0 radical (unpaired) electrons. The maximum Gasteiger partial charge on any atom is 0.421 e. The van der Waals surface area contributed by atoms with Gasteiger partial charge in [-0.1, -0.05) is 57.4 Å². The van der Waals surface area contributed by atoms with Crippen LogP contribution in [0.4, 0.5) is 4.79 Å². The first kappa shape index (κ1) is 28.3. The largest absolute Gasteiger partial charge is 0.442 e. The number of carbonyl (C=O) groups is 1. The average molecular weight is 455 g/mol. The highest BCUT2D eigenvalue weighted by molar-refractivity contribution is 5.66. The second-order valence-electron chi connectivity index (χ2n) is 7.88. The Labute approximate surface area is 193 Å². The first-order chi connectivity index (χ1) is 15.7. The van der Waals surface area contributed by atoms with Crippen molar-refractivity contribution in [2.75, 3.05) is 34.5 Å². The summed E-state index contributed by atoms with van der Waals surface area (Å²) < 4.78 is 23.0. The van der Waals surface area contributed by atoms with E-state index >= 15 is 0 Å². The van der Waals surface area contributed by atoms with Gasteiger partial charge in [0, 0.05) is 46.4 Å². The lowest BCUT2D eigenvalue weighted by Crippen LogP contribution is -2.40. The first-order valence-corrected chi connectivity index (χ1v) is 11.9. The Kier molecular flexibility index (Phi) is 16.6. The number of hydrogen-bond acceptors (Lipinski definition) is 6. The van der Waals surface area contributed by atoms with Crippen molar-refractivity contribution in [2.45, 2.75) is 83.1 Å². The van der Waals surface area contributed by atoms with Crippen molar-refractivity contribution in [3.05, 3.63) is 30.6 Å². The van der Waals surface area contributed by atoms with Crippen LogP contribution in [0.25, 0.3) is 0 Å². The topological polar surface area (TPSA) is 81.9 Å². The van der Waals surface area contributed by atoms with Crippen molar-refractivity contribution in [2.24, 2.45) is 0 Å². The minimum atomic E-state index is -0.883. The molecule has 1 heterocycles. The molecule has 0 aliphatic carbocycles. The molecule has 0 aromatic carbocycles. The van der Waals surface area contributed by atoms with Crippen molar-refractivity contribution < 1.29 is 28.3 Å². The highest BCUT2D eigenvalue weighted by Gasteiger charge is 2.28. The molecule has 0 saturated carbocycles. The molecule has 8 heteroatoms. The van der Waals surface area contributed by atoms with Gasteiger partial charge in [-0.05, 0) is 12.8 Å². The summed E-state index contributed by atoms with van der Waals surface area (Å²) in [4.78, 5) is 11.6. The van der Waals surface area contributed by atoms with E-state index in [0.717, 1.165) is 25.8 Å². The van der Waals surface area contributed by atoms with Crippen LogP contribution in [-0.4, -0.2) is 46.5 Å². The lowest BCUT2D eigenvalue weighted by atomic mass is 10.1. The molecule has 0 aliphatic rings. The van der Waals surface area contributed by atoms with E-state index in [1.165, 1.54) is 51.4 Å². The number of pyridine rings is 1. The molecule has 1 aromatic rings. The van der Waals surface area contributed by atoms with Crippen molar-refractivity contribution >= 4 is 6.09 Å². The average Bonchev–Trinajstić information content (AvgIpc) is 2.83. The van der Waals surface area contributed by atoms with Gasteiger partial charge in [-0.3, -0.25) is 5.43 Å². The third-order valence-corrected chi connectivity index (χ3v) is 5.52. The molecule has 0 atom stereocenters. The quantitative estimate of drug-likeness (QED) is 0.134. The summed E-state index contributed by atoms with van der Waals surface area (Å²) in [5, 5.41) is 0. The molecule has 0 aliphatic heterocycles. The number of nitrogens with zero attached hydrogens (tertiary/aromatic N) is 1. The van der Waals surface area contributed by atoms with Crippen LogP contribution in [0.5, 0.6) is 0 Å². The Morgan fingerprint density at radius 1 is 0.781 bits per heavy atom. The van der Waals surface area contributed by atoms with E-state index in [4.69, 9.17) is 18.9 Å². The Morgan fingerprint density at radius 3 is 1.88 bits per heavy atom. The van der Waals surface area contributed by atoms with Gasteiger partial charge in [0.2, 0.25) is 0 Å². The zero-order chi connectivity index (χ0) is 23.3. The van der Waals surface area contributed by atoms with Crippen LogP contribution in [0.3, 0.4) is 0 Å². The summed E-state index contributed by atoms with van der Waals surface area (Å²) in [6.07, 6.45) is 16.2. The Bertz CT molecular complexity index is 562. The fourth-order valence-corrected chi connectivity index (χ4v) is 3.52. The number of methoxy groups -OCH3 is 3. The van der Waals surface area contributed by atoms with Crippen LogP contribution in [0.1, 0.15) is 70.6 Å². The maximum absolute atomic E-state index is 11.6. The Balaban J connectivity index is 1.82. The molecule has 0 spiro atoms. The maximum atomic E-state index is 11.6. The molecule has 2 N–H and O–H groups in total. The van der Waals surface area contributed by atoms with Gasteiger partial charge in [0.25, 0.3) is 5.97 Å². The minimum Gasteiger partial charge on any atom is -0.442 e. The smallest absolute Gasteiger partial charge is 0.421 e. The van der Waals surface area contributed by atoms with Crippen LogP contribution in [0.15, 0.2) is 30.6 Å². The number of aromatic nitrogens is 1. The molecule has 0 bridgehead atoms. The van der Waals surface area contributed by atoms with E-state index in [9.17, 15) is 4.79 Å². The fraction of sp³-hybridized carbons (Fsp3) is 0.750. The number of carbonyl (C=O) groups excluding carboxylic acids is 1. The van der Waals surface area contributed by atoms with Crippen molar-refractivity contribution in [3.63, 3.8) is 0 Å². The van der Waals surface area contributed by atoms with Crippen molar-refractivity contribution in [1.82, 2.24) is 10.9 Å². The number of amides is 1. The predicted molar refractivity (Wildman–Crippen MR) is 124 cm³/mol. The number of ether oxygens (including phenoxy) is 4. The standard InChI is InChI=1S/C24H43N3O5/c1-29-24(30-2,31-3)17-13-10-8-6-4-5-7-9-11-14-18-25-26-23(28)32-22-21-27-19-15-12-16-20-27/h12,15-16,19-20,25H,4-11,13-14,17-18,21-22H2,1-3H3/p+1. The van der Waals surface area contributed by atoms with E-state index in [1.807, 2.05) is 35.2 Å². The molecule has 0 fully saturated rings. The van der Waals surface area contributed by atoms with Crippen LogP contribution in [0.2, 0.25) is 0 Å². The summed E-state index contributed by atoms with van der Waals surface area (Å²) >= 11 is 0. The van der Waals surface area contributed by atoms with Gasteiger partial charge in [-0.25, -0.2) is 14.8 Å². The molecule has 1 rings (SSSR count). The number of unbranched alkanes of at least 4 members (excludes halogenated alkanes) is 9. The molecular formula is C24H44N3O5+. The fourth-order valence-electron chi connectivity index (χ4n) is 3.52. The Morgan fingerprint density at radius 2 is 1.31 bits per heavy atom. The number of hydrogen-bond donors (Lipinski definition) is 2. The van der Waals surface area contributed by atoms with E-state index in [-0.39, 0.29) is 0 Å². The monoisotopic (exact) mass is 454 g/mol. The molecule has 8 nitrogen and oxygen atoms in total. The number of rotatable bonds is 20. The highest BCUT2D eigenvalue weighted by atomic mass is 16.9. The number of hydrazine groups is 1. The van der Waals surface area contributed by atoms with E-state index < -0.39 is 12.1 Å². The molecule has 184 valence electrons. The lowest BCUT2D eigenvalue weighted by molar-refractivity contribution is -0.697. The van der Waals surface area contributed by atoms with Gasteiger partial charge >= 0.3 is 6.09 Å². The zero-order valence-electron chi connectivity index (χ0n) is 20.3. The summed E-state index contributed by atoms with van der Waals surface area (Å²) in [6, 6.07) is 5.85. The number of nitrogens with one attached hydrogen (secondary N) is 2. The summed E-state index contributed by atoms with van der Waals surface area (Å²) in [5.41, 5.74) is 5.51. The van der Waals surface area contributed by atoms with Gasteiger partial charge in [-0.15, -0.1) is 0 Å².